The lowest BCUT2D eigenvalue weighted by Crippen LogP contribution is -2.51. The Balaban J connectivity index is 1.92. The second-order valence-corrected chi connectivity index (χ2v) is 25.8. The molecule has 18 heteroatoms. The number of nitrogens with zero attached hydrogens (tertiary/aromatic N) is 2. The van der Waals surface area contributed by atoms with Crippen LogP contribution in [0, 0.1) is 49.4 Å². The van der Waals surface area contributed by atoms with Gasteiger partial charge in [-0.05, 0) is 205 Å². The van der Waals surface area contributed by atoms with Crippen LogP contribution in [0.15, 0.2) is 48.5 Å². The summed E-state index contributed by atoms with van der Waals surface area (Å²) in [4.78, 5) is 63.8. The second-order valence-electron chi connectivity index (χ2n) is 24.9. The van der Waals surface area contributed by atoms with Gasteiger partial charge in [-0.25, -0.2) is 0 Å². The molecule has 0 saturated carbocycles. The Labute approximate surface area is 462 Å². The van der Waals surface area contributed by atoms with Crippen LogP contribution in [-0.4, -0.2) is 82.1 Å². The SMILES string of the molecule is Cc1cc(OC(COC(=O)C(C)(C)C)(COC(=O)C(C)(C)C)O[PH](=O)OC(COC(=O)C(C)(C)C)(COC(=O)C(C)(C)C)Oc2cc(C)c(Cc3ccc(O)c(C(C)C)n3)c(C)c2)cc(C)c1Cc1ccc(O)c(C(C)C)n1. The van der Waals surface area contributed by atoms with Gasteiger partial charge in [0.05, 0.1) is 33.0 Å². The zero-order valence-corrected chi connectivity index (χ0v) is 50.6. The zero-order chi connectivity index (χ0) is 59.1. The molecule has 0 aliphatic heterocycles. The Morgan fingerprint density at radius 1 is 0.474 bits per heavy atom. The number of carbonyl (C=O) groups is 4. The quantitative estimate of drug-likeness (QED) is 0.0323. The smallest absolute Gasteiger partial charge is 0.326 e. The van der Waals surface area contributed by atoms with Crippen LogP contribution in [0.2, 0.25) is 0 Å². The lowest BCUT2D eigenvalue weighted by atomic mass is 9.97. The maximum Gasteiger partial charge on any atom is 0.326 e. The summed E-state index contributed by atoms with van der Waals surface area (Å²) in [6.07, 6.45) is 0.789. The van der Waals surface area contributed by atoms with E-state index < -0.39 is 91.8 Å². The van der Waals surface area contributed by atoms with E-state index in [2.05, 4.69) is 0 Å². The highest BCUT2D eigenvalue weighted by atomic mass is 31.1. The fourth-order valence-corrected chi connectivity index (χ4v) is 8.66. The number of hydrogen-bond donors (Lipinski definition) is 2. The van der Waals surface area contributed by atoms with Gasteiger partial charge in [-0.3, -0.25) is 42.8 Å². The van der Waals surface area contributed by atoms with E-state index in [1.54, 1.807) is 132 Å². The summed E-state index contributed by atoms with van der Waals surface area (Å²) in [5.74, 6) is -7.22. The molecule has 2 aromatic heterocycles. The van der Waals surface area contributed by atoms with Crippen LogP contribution in [0.1, 0.15) is 179 Å². The number of benzene rings is 2. The molecule has 0 radical (unpaired) electrons. The Morgan fingerprint density at radius 2 is 0.731 bits per heavy atom. The molecule has 0 atom stereocenters. The van der Waals surface area contributed by atoms with Crippen molar-refractivity contribution in [3.63, 3.8) is 0 Å². The van der Waals surface area contributed by atoms with Crippen molar-refractivity contribution in [3.8, 4) is 23.0 Å². The van der Waals surface area contributed by atoms with E-state index in [-0.39, 0.29) is 34.8 Å². The molecule has 4 rings (SSSR count). The average Bonchev–Trinajstić information content (AvgIpc) is 3.30. The lowest BCUT2D eigenvalue weighted by Gasteiger charge is -2.37. The van der Waals surface area contributed by atoms with Gasteiger partial charge in [0.25, 0.3) is 11.6 Å². The first-order chi connectivity index (χ1) is 35.7. The van der Waals surface area contributed by atoms with Crippen LogP contribution >= 0.6 is 8.25 Å². The normalized spacial score (nSPS) is 12.7. The summed E-state index contributed by atoms with van der Waals surface area (Å²) in [6.45, 7) is 31.6. The zero-order valence-electron chi connectivity index (χ0n) is 49.6. The fraction of sp³-hybridized carbons (Fsp3) is 0.567. The predicted octanol–water partition coefficient (Wildman–Crippen LogP) is 12.2. The third-order valence-electron chi connectivity index (χ3n) is 12.4. The van der Waals surface area contributed by atoms with Crippen LogP contribution in [0.5, 0.6) is 23.0 Å². The summed E-state index contributed by atoms with van der Waals surface area (Å²) in [6, 6.07) is 13.5. The van der Waals surface area contributed by atoms with Crippen molar-refractivity contribution in [2.45, 2.75) is 175 Å². The molecule has 0 aliphatic rings. The van der Waals surface area contributed by atoms with Crippen molar-refractivity contribution in [2.75, 3.05) is 26.4 Å². The second kappa shape index (κ2) is 25.4. The van der Waals surface area contributed by atoms with E-state index in [0.717, 1.165) is 33.4 Å². The summed E-state index contributed by atoms with van der Waals surface area (Å²) in [5, 5.41) is 21.0. The van der Waals surface area contributed by atoms with Gasteiger partial charge in [0.2, 0.25) is 0 Å². The molecule has 17 nitrogen and oxygen atoms in total. The molecule has 0 fully saturated rings. The molecule has 0 saturated heterocycles. The lowest BCUT2D eigenvalue weighted by molar-refractivity contribution is -0.224. The van der Waals surface area contributed by atoms with E-state index in [1.807, 2.05) is 55.4 Å². The van der Waals surface area contributed by atoms with E-state index in [4.69, 9.17) is 47.4 Å². The maximum atomic E-state index is 15.2. The summed E-state index contributed by atoms with van der Waals surface area (Å²) >= 11 is 0. The van der Waals surface area contributed by atoms with E-state index in [9.17, 15) is 29.4 Å². The fourth-order valence-electron chi connectivity index (χ4n) is 7.69. The van der Waals surface area contributed by atoms with Crippen LogP contribution in [0.3, 0.4) is 0 Å². The number of esters is 4. The first kappa shape index (κ1) is 64.5. The van der Waals surface area contributed by atoms with Crippen LogP contribution < -0.4 is 9.47 Å². The highest BCUT2D eigenvalue weighted by Crippen LogP contribution is 2.42. The molecule has 2 N–H and O–H groups in total. The number of rotatable bonds is 22. The van der Waals surface area contributed by atoms with E-state index in [0.29, 0.717) is 35.6 Å². The molecule has 78 heavy (non-hydrogen) atoms. The van der Waals surface area contributed by atoms with Gasteiger partial charge in [0, 0.05) is 24.2 Å². The molecule has 4 aromatic rings. The van der Waals surface area contributed by atoms with Crippen molar-refractivity contribution >= 4 is 32.1 Å². The number of aromatic nitrogens is 2. The van der Waals surface area contributed by atoms with Gasteiger partial charge in [-0.1, -0.05) is 27.7 Å². The van der Waals surface area contributed by atoms with Crippen LogP contribution in [0.4, 0.5) is 0 Å². The Kier molecular flexibility index (Phi) is 21.0. The molecule has 0 unspecified atom stereocenters. The first-order valence-electron chi connectivity index (χ1n) is 26.3. The molecule has 0 spiro atoms. The number of aromatic hydroxyl groups is 2. The number of hydrogen-bond acceptors (Lipinski definition) is 17. The summed E-state index contributed by atoms with van der Waals surface area (Å²) in [7, 11) is -4.16. The largest absolute Gasteiger partial charge is 0.506 e. The molecule has 0 bridgehead atoms. The van der Waals surface area contributed by atoms with Gasteiger partial charge >= 0.3 is 32.1 Å². The first-order valence-corrected chi connectivity index (χ1v) is 27.5. The molecule has 0 amide bonds. The van der Waals surface area contributed by atoms with E-state index in [1.165, 1.54) is 0 Å². The van der Waals surface area contributed by atoms with Gasteiger partial charge < -0.3 is 38.6 Å². The van der Waals surface area contributed by atoms with Crippen molar-refractivity contribution in [1.29, 1.82) is 0 Å². The number of ether oxygens (including phenoxy) is 6. The average molecular weight is 1110 g/mol. The Morgan fingerprint density at radius 3 is 0.962 bits per heavy atom. The van der Waals surface area contributed by atoms with Gasteiger partial charge in [0.15, 0.2) is 26.4 Å². The van der Waals surface area contributed by atoms with Gasteiger partial charge in [0.1, 0.15) is 23.0 Å². The maximum absolute atomic E-state index is 15.2. The standard InChI is InChI=1S/C60H85N2O15P/c1-35(2)49-47(63)23-21-41(61-49)29-45-37(5)25-43(26-38(45)6)74-59(31-70-51(65)55(9,10)11,32-71-52(66)56(12,13)14)76-78(69)77-60(33-72-53(67)57(15,16)17,34-73-54(68)58(18,19)20)75-44-27-39(7)46(40(8)28-44)30-42-22-24-48(64)50(62-42)36(3)4/h21-28,35-36,63-64,78H,29-34H2,1-20H3. The summed E-state index contributed by atoms with van der Waals surface area (Å²) < 4.78 is 64.6. The minimum Gasteiger partial charge on any atom is -0.506 e. The van der Waals surface area contributed by atoms with Gasteiger partial charge in [-0.2, -0.15) is 0 Å². The predicted molar refractivity (Wildman–Crippen MR) is 297 cm³/mol. The Hall–Kier alpha value is -6.03. The van der Waals surface area contributed by atoms with E-state index >= 15 is 4.57 Å². The van der Waals surface area contributed by atoms with Crippen molar-refractivity contribution < 1.29 is 71.4 Å². The minimum absolute atomic E-state index is 0.0272. The van der Waals surface area contributed by atoms with Gasteiger partial charge in [-0.15, -0.1) is 0 Å². The van der Waals surface area contributed by atoms with Crippen LogP contribution in [-0.2, 0) is 64.6 Å². The van der Waals surface area contributed by atoms with Crippen LogP contribution in [0.25, 0.3) is 0 Å². The molecular weight excluding hydrogens is 1020 g/mol. The molecule has 2 heterocycles. The topological polar surface area (TPSA) is 225 Å². The van der Waals surface area contributed by atoms with Crippen molar-refractivity contribution in [2.24, 2.45) is 21.7 Å². The van der Waals surface area contributed by atoms with Crippen molar-refractivity contribution in [1.82, 2.24) is 9.97 Å². The molecule has 430 valence electrons. The monoisotopic (exact) mass is 1100 g/mol. The molecule has 2 aromatic carbocycles. The minimum atomic E-state index is -4.16. The molecule has 0 aliphatic carbocycles. The number of carbonyl (C=O) groups excluding carboxylic acids is 4. The van der Waals surface area contributed by atoms with Crippen molar-refractivity contribution in [3.05, 3.63) is 105 Å². The summed E-state index contributed by atoms with van der Waals surface area (Å²) in [5.41, 5.74) is 3.10. The highest BCUT2D eigenvalue weighted by molar-refractivity contribution is 7.33. The number of aryl methyl sites for hydroxylation is 4. The molecular formula is C60H85N2O15P. The third kappa shape index (κ3) is 18.0. The third-order valence-corrected chi connectivity index (χ3v) is 13.4. The number of pyridine rings is 2. The Bertz CT molecular complexity index is 2530. The highest BCUT2D eigenvalue weighted by Gasteiger charge is 2.47.